The predicted molar refractivity (Wildman–Crippen MR) is 70.4 cm³/mol. The molecule has 0 heterocycles. The van der Waals surface area contributed by atoms with Crippen LogP contribution in [0.5, 0.6) is 0 Å². The van der Waals surface area contributed by atoms with E-state index >= 15 is 0 Å². The summed E-state index contributed by atoms with van der Waals surface area (Å²) in [5, 5.41) is 0.668. The van der Waals surface area contributed by atoms with Gasteiger partial charge in [-0.3, -0.25) is 0 Å². The lowest BCUT2D eigenvalue weighted by Gasteiger charge is -2.09. The molecule has 2 heteroatoms. The Morgan fingerprint density at radius 2 is 1.75 bits per heavy atom. The molecule has 0 aromatic heterocycles. The monoisotopic (exact) mass is 229 g/mol. The minimum absolute atomic E-state index is 0.668. The second kappa shape index (κ2) is 4.42. The molecule has 0 fully saturated rings. The standard InChI is InChI=1S/C14H12ClN/c1-10(11-5-3-2-4-6-11)13-9-12(15)7-8-14(13)16/h2-9H,1,16H2. The van der Waals surface area contributed by atoms with Crippen molar-refractivity contribution in [1.29, 1.82) is 0 Å². The van der Waals surface area contributed by atoms with Gasteiger partial charge in [0, 0.05) is 16.3 Å². The summed E-state index contributed by atoms with van der Waals surface area (Å²) in [4.78, 5) is 0. The lowest BCUT2D eigenvalue weighted by atomic mass is 9.98. The van der Waals surface area contributed by atoms with E-state index in [1.807, 2.05) is 36.4 Å². The number of halogens is 1. The van der Waals surface area contributed by atoms with E-state index in [2.05, 4.69) is 6.58 Å². The van der Waals surface area contributed by atoms with Crippen LogP contribution in [0.25, 0.3) is 5.57 Å². The zero-order chi connectivity index (χ0) is 11.5. The first kappa shape index (κ1) is 10.8. The summed E-state index contributed by atoms with van der Waals surface area (Å²) in [7, 11) is 0. The van der Waals surface area contributed by atoms with Crippen LogP contribution in [0.2, 0.25) is 5.02 Å². The Balaban J connectivity index is 2.46. The third-order valence-corrected chi connectivity index (χ3v) is 2.70. The minimum atomic E-state index is 0.668. The highest BCUT2D eigenvalue weighted by molar-refractivity contribution is 6.30. The van der Waals surface area contributed by atoms with Crippen molar-refractivity contribution in [2.24, 2.45) is 0 Å². The molecule has 0 radical (unpaired) electrons. The third kappa shape index (κ3) is 2.10. The van der Waals surface area contributed by atoms with E-state index in [4.69, 9.17) is 17.3 Å². The molecule has 0 bridgehead atoms. The zero-order valence-electron chi connectivity index (χ0n) is 8.78. The fraction of sp³-hybridized carbons (Fsp3) is 0. The van der Waals surface area contributed by atoms with E-state index in [9.17, 15) is 0 Å². The molecule has 0 atom stereocenters. The summed E-state index contributed by atoms with van der Waals surface area (Å²) < 4.78 is 0. The van der Waals surface area contributed by atoms with Gasteiger partial charge in [-0.2, -0.15) is 0 Å². The number of hydrogen-bond donors (Lipinski definition) is 1. The van der Waals surface area contributed by atoms with Crippen molar-refractivity contribution >= 4 is 22.9 Å². The van der Waals surface area contributed by atoms with E-state index in [1.165, 1.54) is 0 Å². The first-order chi connectivity index (χ1) is 7.68. The molecular weight excluding hydrogens is 218 g/mol. The maximum absolute atomic E-state index is 5.95. The van der Waals surface area contributed by atoms with Crippen molar-refractivity contribution in [1.82, 2.24) is 0 Å². The van der Waals surface area contributed by atoms with Crippen molar-refractivity contribution in [2.45, 2.75) is 0 Å². The van der Waals surface area contributed by atoms with E-state index in [0.29, 0.717) is 10.7 Å². The molecule has 0 spiro atoms. The van der Waals surface area contributed by atoms with Crippen molar-refractivity contribution in [3.05, 3.63) is 71.3 Å². The molecule has 2 N–H and O–H groups in total. The average molecular weight is 230 g/mol. The maximum atomic E-state index is 5.95. The van der Waals surface area contributed by atoms with E-state index in [0.717, 1.165) is 16.7 Å². The highest BCUT2D eigenvalue weighted by Crippen LogP contribution is 2.28. The predicted octanol–water partition coefficient (Wildman–Crippen LogP) is 3.98. The number of hydrogen-bond acceptors (Lipinski definition) is 1. The summed E-state index contributed by atoms with van der Waals surface area (Å²) in [6.45, 7) is 4.06. The van der Waals surface area contributed by atoms with Gasteiger partial charge in [-0.05, 0) is 29.3 Å². The number of nitrogen functional groups attached to an aromatic ring is 1. The van der Waals surface area contributed by atoms with Crippen molar-refractivity contribution in [3.8, 4) is 0 Å². The summed E-state index contributed by atoms with van der Waals surface area (Å²) in [5.74, 6) is 0. The topological polar surface area (TPSA) is 26.0 Å². The summed E-state index contributed by atoms with van der Waals surface area (Å²) in [6, 6.07) is 15.3. The second-order valence-corrected chi connectivity index (χ2v) is 4.01. The van der Waals surface area contributed by atoms with E-state index in [-0.39, 0.29) is 0 Å². The lowest BCUT2D eigenvalue weighted by molar-refractivity contribution is 1.55. The van der Waals surface area contributed by atoms with Crippen molar-refractivity contribution in [3.63, 3.8) is 0 Å². The number of rotatable bonds is 2. The van der Waals surface area contributed by atoms with Crippen LogP contribution in [0.3, 0.4) is 0 Å². The molecule has 2 aromatic rings. The first-order valence-electron chi connectivity index (χ1n) is 4.98. The molecule has 80 valence electrons. The molecule has 0 aliphatic heterocycles. The quantitative estimate of drug-likeness (QED) is 0.775. The van der Waals surface area contributed by atoms with E-state index in [1.54, 1.807) is 12.1 Å². The summed E-state index contributed by atoms with van der Waals surface area (Å²) in [5.41, 5.74) is 9.43. The van der Waals surface area contributed by atoms with Crippen LogP contribution in [-0.2, 0) is 0 Å². The molecule has 0 saturated heterocycles. The van der Waals surface area contributed by atoms with Gasteiger partial charge in [0.25, 0.3) is 0 Å². The number of benzene rings is 2. The van der Waals surface area contributed by atoms with Crippen molar-refractivity contribution in [2.75, 3.05) is 5.73 Å². The average Bonchev–Trinajstić information content (AvgIpc) is 2.32. The molecule has 2 rings (SSSR count). The van der Waals surface area contributed by atoms with Gasteiger partial charge < -0.3 is 5.73 Å². The zero-order valence-corrected chi connectivity index (χ0v) is 9.54. The highest BCUT2D eigenvalue weighted by Gasteiger charge is 2.06. The molecular formula is C14H12ClN. The molecule has 0 aliphatic rings. The molecule has 1 nitrogen and oxygen atoms in total. The Hall–Kier alpha value is -1.73. The Labute approximate surface area is 100 Å². The molecule has 0 saturated carbocycles. The van der Waals surface area contributed by atoms with Crippen LogP contribution < -0.4 is 5.73 Å². The summed E-state index contributed by atoms with van der Waals surface area (Å²) in [6.07, 6.45) is 0. The van der Waals surface area contributed by atoms with Crippen LogP contribution in [0, 0.1) is 0 Å². The fourth-order valence-corrected chi connectivity index (χ4v) is 1.76. The van der Waals surface area contributed by atoms with E-state index < -0.39 is 0 Å². The molecule has 16 heavy (non-hydrogen) atoms. The molecule has 0 amide bonds. The van der Waals surface area contributed by atoms with Gasteiger partial charge in [-0.25, -0.2) is 0 Å². The number of anilines is 1. The number of nitrogens with two attached hydrogens (primary N) is 1. The molecule has 0 unspecified atom stereocenters. The second-order valence-electron chi connectivity index (χ2n) is 3.58. The fourth-order valence-electron chi connectivity index (χ4n) is 1.58. The SMILES string of the molecule is C=C(c1ccccc1)c1cc(Cl)ccc1N. The van der Waals surface area contributed by atoms with Crippen LogP contribution in [0.15, 0.2) is 55.1 Å². The minimum Gasteiger partial charge on any atom is -0.398 e. The Kier molecular flexibility index (Phi) is 2.97. The lowest BCUT2D eigenvalue weighted by Crippen LogP contribution is -1.94. The Morgan fingerprint density at radius 3 is 2.44 bits per heavy atom. The van der Waals surface area contributed by atoms with Gasteiger partial charge in [0.15, 0.2) is 0 Å². The van der Waals surface area contributed by atoms with Gasteiger partial charge in [0.2, 0.25) is 0 Å². The third-order valence-electron chi connectivity index (χ3n) is 2.46. The Morgan fingerprint density at radius 1 is 1.06 bits per heavy atom. The van der Waals surface area contributed by atoms with Gasteiger partial charge in [-0.15, -0.1) is 0 Å². The van der Waals surface area contributed by atoms with Crippen LogP contribution in [0.4, 0.5) is 5.69 Å². The smallest absolute Gasteiger partial charge is 0.0413 e. The summed E-state index contributed by atoms with van der Waals surface area (Å²) >= 11 is 5.95. The van der Waals surface area contributed by atoms with Gasteiger partial charge in [-0.1, -0.05) is 48.5 Å². The maximum Gasteiger partial charge on any atom is 0.0413 e. The van der Waals surface area contributed by atoms with Gasteiger partial charge in [0.1, 0.15) is 0 Å². The van der Waals surface area contributed by atoms with Crippen LogP contribution >= 0.6 is 11.6 Å². The normalized spacial score (nSPS) is 10.1. The highest BCUT2D eigenvalue weighted by atomic mass is 35.5. The van der Waals surface area contributed by atoms with Crippen LogP contribution in [0.1, 0.15) is 11.1 Å². The van der Waals surface area contributed by atoms with Crippen molar-refractivity contribution < 1.29 is 0 Å². The van der Waals surface area contributed by atoms with Crippen LogP contribution in [-0.4, -0.2) is 0 Å². The van der Waals surface area contributed by atoms with Gasteiger partial charge >= 0.3 is 0 Å². The van der Waals surface area contributed by atoms with Gasteiger partial charge in [0.05, 0.1) is 0 Å². The molecule has 2 aromatic carbocycles. The largest absolute Gasteiger partial charge is 0.398 e. The molecule has 0 aliphatic carbocycles. The first-order valence-corrected chi connectivity index (χ1v) is 5.36. The Bertz CT molecular complexity index is 518.